The fourth-order valence-electron chi connectivity index (χ4n) is 0.957. The maximum absolute atomic E-state index is 11.9. The van der Waals surface area contributed by atoms with Crippen molar-refractivity contribution >= 4 is 22.2 Å². The van der Waals surface area contributed by atoms with E-state index in [1.54, 1.807) is 0 Å². The standard InChI is InChI=1S/C8H5BrF3NO3/c9-1-5-7(15)4(3-14)6(2-13-5)16-8(10,11)12/h2-3,15H,1H2. The molecule has 1 aromatic heterocycles. The van der Waals surface area contributed by atoms with Crippen LogP contribution in [0.5, 0.6) is 11.5 Å². The summed E-state index contributed by atoms with van der Waals surface area (Å²) in [6, 6.07) is 0. The number of rotatable bonds is 3. The van der Waals surface area contributed by atoms with Crippen LogP contribution in [0.3, 0.4) is 0 Å². The Morgan fingerprint density at radius 2 is 2.19 bits per heavy atom. The van der Waals surface area contributed by atoms with Gasteiger partial charge < -0.3 is 9.84 Å². The van der Waals surface area contributed by atoms with Crippen LogP contribution in [0, 0.1) is 0 Å². The zero-order chi connectivity index (χ0) is 12.3. The number of hydrogen-bond acceptors (Lipinski definition) is 4. The van der Waals surface area contributed by atoms with E-state index in [-0.39, 0.29) is 17.3 Å². The molecule has 1 aromatic rings. The fourth-order valence-corrected chi connectivity index (χ4v) is 1.37. The van der Waals surface area contributed by atoms with E-state index >= 15 is 0 Å². The van der Waals surface area contributed by atoms with Crippen molar-refractivity contribution in [2.24, 2.45) is 0 Å². The second-order valence-electron chi connectivity index (χ2n) is 2.63. The van der Waals surface area contributed by atoms with E-state index < -0.39 is 23.4 Å². The van der Waals surface area contributed by atoms with Crippen molar-refractivity contribution in [3.05, 3.63) is 17.5 Å². The van der Waals surface area contributed by atoms with Gasteiger partial charge in [0.15, 0.2) is 17.8 Å². The van der Waals surface area contributed by atoms with Gasteiger partial charge in [-0.15, -0.1) is 13.2 Å². The van der Waals surface area contributed by atoms with E-state index in [4.69, 9.17) is 0 Å². The normalized spacial score (nSPS) is 11.2. The Kier molecular flexibility index (Phi) is 3.74. The molecule has 8 heteroatoms. The molecule has 0 radical (unpaired) electrons. The van der Waals surface area contributed by atoms with E-state index in [0.29, 0.717) is 0 Å². The van der Waals surface area contributed by atoms with E-state index in [1.807, 2.05) is 0 Å². The molecule has 88 valence electrons. The van der Waals surface area contributed by atoms with Crippen molar-refractivity contribution in [3.63, 3.8) is 0 Å². The third-order valence-electron chi connectivity index (χ3n) is 1.60. The molecule has 16 heavy (non-hydrogen) atoms. The molecule has 4 nitrogen and oxygen atoms in total. The number of hydrogen-bond donors (Lipinski definition) is 1. The summed E-state index contributed by atoms with van der Waals surface area (Å²) in [6.07, 6.45) is -4.14. The summed E-state index contributed by atoms with van der Waals surface area (Å²) >= 11 is 2.96. The van der Waals surface area contributed by atoms with Gasteiger partial charge in [-0.3, -0.25) is 9.78 Å². The molecule has 0 aromatic carbocycles. The zero-order valence-corrected chi connectivity index (χ0v) is 9.17. The molecule has 0 unspecified atom stereocenters. The molecule has 0 bridgehead atoms. The van der Waals surface area contributed by atoms with Gasteiger partial charge in [0, 0.05) is 5.33 Å². The SMILES string of the molecule is O=Cc1c(OC(F)(F)F)cnc(CBr)c1O. The molecular formula is C8H5BrF3NO3. The lowest BCUT2D eigenvalue weighted by Gasteiger charge is -2.12. The largest absolute Gasteiger partial charge is 0.573 e. The molecule has 0 saturated heterocycles. The quantitative estimate of drug-likeness (QED) is 0.688. The number of aromatic nitrogens is 1. The van der Waals surface area contributed by atoms with Gasteiger partial charge in [-0.05, 0) is 0 Å². The van der Waals surface area contributed by atoms with Crippen LogP contribution < -0.4 is 4.74 Å². The van der Waals surface area contributed by atoms with Crippen LogP contribution in [0.25, 0.3) is 0 Å². The van der Waals surface area contributed by atoms with Crippen LogP contribution in [0.15, 0.2) is 6.20 Å². The molecule has 0 saturated carbocycles. The summed E-state index contributed by atoms with van der Waals surface area (Å²) in [5, 5.41) is 9.50. The van der Waals surface area contributed by atoms with Crippen molar-refractivity contribution in [2.45, 2.75) is 11.7 Å². The van der Waals surface area contributed by atoms with Crippen LogP contribution in [-0.4, -0.2) is 22.7 Å². The van der Waals surface area contributed by atoms with Crippen LogP contribution >= 0.6 is 15.9 Å². The number of ether oxygens (including phenoxy) is 1. The number of carbonyl (C=O) groups excluding carboxylic acids is 1. The van der Waals surface area contributed by atoms with Gasteiger partial charge in [-0.1, -0.05) is 15.9 Å². The minimum Gasteiger partial charge on any atom is -0.505 e. The number of carbonyl (C=O) groups is 1. The van der Waals surface area contributed by atoms with Crippen molar-refractivity contribution in [2.75, 3.05) is 0 Å². The second-order valence-corrected chi connectivity index (χ2v) is 3.19. The number of alkyl halides is 4. The van der Waals surface area contributed by atoms with Crippen LogP contribution in [-0.2, 0) is 5.33 Å². The summed E-state index contributed by atoms with van der Waals surface area (Å²) in [7, 11) is 0. The fraction of sp³-hybridized carbons (Fsp3) is 0.250. The van der Waals surface area contributed by atoms with E-state index in [2.05, 4.69) is 25.7 Å². The minimum atomic E-state index is -4.94. The molecular weight excluding hydrogens is 295 g/mol. The van der Waals surface area contributed by atoms with Crippen LogP contribution in [0.4, 0.5) is 13.2 Å². The number of pyridine rings is 1. The van der Waals surface area contributed by atoms with Gasteiger partial charge in [0.2, 0.25) is 0 Å². The van der Waals surface area contributed by atoms with E-state index in [0.717, 1.165) is 6.20 Å². The lowest BCUT2D eigenvalue weighted by atomic mass is 10.2. The number of nitrogens with zero attached hydrogens (tertiary/aromatic N) is 1. The summed E-state index contributed by atoms with van der Waals surface area (Å²) < 4.78 is 39.3. The zero-order valence-electron chi connectivity index (χ0n) is 7.58. The highest BCUT2D eigenvalue weighted by molar-refractivity contribution is 9.08. The van der Waals surface area contributed by atoms with Gasteiger partial charge >= 0.3 is 6.36 Å². The Balaban J connectivity index is 3.21. The van der Waals surface area contributed by atoms with Gasteiger partial charge in [-0.25, -0.2) is 0 Å². The maximum Gasteiger partial charge on any atom is 0.573 e. The van der Waals surface area contributed by atoms with Crippen molar-refractivity contribution in [1.82, 2.24) is 4.98 Å². The average Bonchev–Trinajstić information content (AvgIpc) is 2.16. The first-order valence-corrected chi connectivity index (χ1v) is 4.99. The first kappa shape index (κ1) is 12.8. The molecule has 1 heterocycles. The lowest BCUT2D eigenvalue weighted by molar-refractivity contribution is -0.274. The molecule has 0 aliphatic rings. The second kappa shape index (κ2) is 4.69. The van der Waals surface area contributed by atoms with Gasteiger partial charge in [-0.2, -0.15) is 0 Å². The Bertz CT molecular complexity index is 408. The summed E-state index contributed by atoms with van der Waals surface area (Å²) in [5.74, 6) is -1.46. The smallest absolute Gasteiger partial charge is 0.505 e. The minimum absolute atomic E-state index is 0.0524. The highest BCUT2D eigenvalue weighted by Gasteiger charge is 2.33. The molecule has 1 rings (SSSR count). The first-order chi connectivity index (χ1) is 7.39. The van der Waals surface area contributed by atoms with Crippen molar-refractivity contribution < 1.29 is 27.8 Å². The maximum atomic E-state index is 11.9. The molecule has 0 atom stereocenters. The Labute approximate surface area is 96.2 Å². The first-order valence-electron chi connectivity index (χ1n) is 3.86. The highest BCUT2D eigenvalue weighted by atomic mass is 79.9. The van der Waals surface area contributed by atoms with Gasteiger partial charge in [0.05, 0.1) is 11.9 Å². The topological polar surface area (TPSA) is 59.4 Å². The number of aromatic hydroxyl groups is 1. The predicted molar refractivity (Wildman–Crippen MR) is 50.6 cm³/mol. The summed E-state index contributed by atoms with van der Waals surface area (Å²) in [4.78, 5) is 14.1. The molecule has 1 N–H and O–H groups in total. The van der Waals surface area contributed by atoms with E-state index in [9.17, 15) is 23.1 Å². The Morgan fingerprint density at radius 1 is 1.56 bits per heavy atom. The van der Waals surface area contributed by atoms with Crippen molar-refractivity contribution in [1.29, 1.82) is 0 Å². The van der Waals surface area contributed by atoms with Gasteiger partial charge in [0.25, 0.3) is 0 Å². The third kappa shape index (κ3) is 2.84. The summed E-state index contributed by atoms with van der Waals surface area (Å²) in [5.41, 5.74) is -0.529. The number of halogens is 4. The third-order valence-corrected chi connectivity index (χ3v) is 2.13. The van der Waals surface area contributed by atoms with Gasteiger partial charge in [0.1, 0.15) is 5.56 Å². The molecule has 0 amide bonds. The average molecular weight is 300 g/mol. The number of aldehydes is 1. The molecule has 0 fully saturated rings. The van der Waals surface area contributed by atoms with Crippen LogP contribution in [0.2, 0.25) is 0 Å². The molecule has 0 aliphatic heterocycles. The highest BCUT2D eigenvalue weighted by Crippen LogP contribution is 2.32. The predicted octanol–water partition coefficient (Wildman–Crippen LogP) is 2.39. The monoisotopic (exact) mass is 299 g/mol. The summed E-state index contributed by atoms with van der Waals surface area (Å²) in [6.45, 7) is 0. The molecule has 0 aliphatic carbocycles. The van der Waals surface area contributed by atoms with Crippen LogP contribution in [0.1, 0.15) is 16.1 Å². The van der Waals surface area contributed by atoms with E-state index in [1.165, 1.54) is 0 Å². The Hall–Kier alpha value is -1.31. The Morgan fingerprint density at radius 3 is 2.62 bits per heavy atom. The molecule has 0 spiro atoms. The van der Waals surface area contributed by atoms with Crippen molar-refractivity contribution in [3.8, 4) is 11.5 Å². The lowest BCUT2D eigenvalue weighted by Crippen LogP contribution is -2.18.